The first-order valence-electron chi connectivity index (χ1n) is 24.4. The SMILES string of the molecule is c1ccc(-n2c(-c3ccc(-c4ccc5c(c4)C4(c6ccccc6-c6ccccc64)c4cc(-c6ccc(-c7nc8ccccc8n7-c7ccccc7)cc6)c6ccccc6c4-5)cc3)nc3ccccc32)cc1. The van der Waals surface area contributed by atoms with Crippen molar-refractivity contribution in [1.82, 2.24) is 19.1 Å². The monoisotopic (exact) mass is 902 g/mol. The normalized spacial score (nSPS) is 12.9. The lowest BCUT2D eigenvalue weighted by Gasteiger charge is -2.31. The molecular weight excluding hydrogens is 861 g/mol. The van der Waals surface area contributed by atoms with E-state index < -0.39 is 5.41 Å². The Morgan fingerprint density at radius 2 is 0.732 bits per heavy atom. The lowest BCUT2D eigenvalue weighted by molar-refractivity contribution is 0.795. The van der Waals surface area contributed by atoms with Crippen LogP contribution in [0.3, 0.4) is 0 Å². The van der Waals surface area contributed by atoms with Gasteiger partial charge in [0, 0.05) is 22.5 Å². The molecule has 11 aromatic carbocycles. The van der Waals surface area contributed by atoms with E-state index in [1.807, 2.05) is 0 Å². The van der Waals surface area contributed by atoms with Crippen molar-refractivity contribution < 1.29 is 0 Å². The molecule has 71 heavy (non-hydrogen) atoms. The highest BCUT2D eigenvalue weighted by molar-refractivity contribution is 6.11. The molecule has 4 nitrogen and oxygen atoms in total. The van der Waals surface area contributed by atoms with E-state index in [4.69, 9.17) is 9.97 Å². The number of benzene rings is 11. The number of para-hydroxylation sites is 6. The summed E-state index contributed by atoms with van der Waals surface area (Å²) >= 11 is 0. The van der Waals surface area contributed by atoms with E-state index in [1.165, 1.54) is 72.0 Å². The van der Waals surface area contributed by atoms with E-state index >= 15 is 0 Å². The summed E-state index contributed by atoms with van der Waals surface area (Å²) in [4.78, 5) is 10.4. The van der Waals surface area contributed by atoms with Crippen LogP contribution >= 0.6 is 0 Å². The van der Waals surface area contributed by atoms with Gasteiger partial charge in [0.15, 0.2) is 0 Å². The fourth-order valence-corrected chi connectivity index (χ4v) is 12.1. The van der Waals surface area contributed by atoms with Crippen molar-refractivity contribution in [2.24, 2.45) is 0 Å². The van der Waals surface area contributed by atoms with Crippen molar-refractivity contribution in [2.45, 2.75) is 5.41 Å². The molecule has 0 unspecified atom stereocenters. The average Bonchev–Trinajstić information content (AvgIpc) is 4.20. The van der Waals surface area contributed by atoms with E-state index in [0.717, 1.165) is 61.8 Å². The fourth-order valence-electron chi connectivity index (χ4n) is 12.1. The first-order chi connectivity index (χ1) is 35.2. The highest BCUT2D eigenvalue weighted by Crippen LogP contribution is 2.65. The summed E-state index contributed by atoms with van der Waals surface area (Å²) in [7, 11) is 0. The number of imidazole rings is 2. The van der Waals surface area contributed by atoms with Crippen LogP contribution < -0.4 is 0 Å². The van der Waals surface area contributed by atoms with Gasteiger partial charge in [-0.3, -0.25) is 9.13 Å². The smallest absolute Gasteiger partial charge is 0.145 e. The molecule has 0 radical (unpaired) electrons. The predicted octanol–water partition coefficient (Wildman–Crippen LogP) is 16.5. The van der Waals surface area contributed by atoms with E-state index in [1.54, 1.807) is 0 Å². The second-order valence-electron chi connectivity index (χ2n) is 18.8. The summed E-state index contributed by atoms with van der Waals surface area (Å²) in [6.45, 7) is 0. The summed E-state index contributed by atoms with van der Waals surface area (Å²) < 4.78 is 4.54. The van der Waals surface area contributed by atoms with Crippen molar-refractivity contribution in [3.05, 3.63) is 277 Å². The van der Waals surface area contributed by atoms with Gasteiger partial charge in [-0.15, -0.1) is 0 Å². The van der Waals surface area contributed by atoms with Gasteiger partial charge in [-0.1, -0.05) is 194 Å². The van der Waals surface area contributed by atoms with Gasteiger partial charge in [0.1, 0.15) is 11.6 Å². The molecule has 15 rings (SSSR count). The van der Waals surface area contributed by atoms with Crippen LogP contribution in [-0.2, 0) is 5.41 Å². The largest absolute Gasteiger partial charge is 0.292 e. The number of fused-ring (bicyclic) bond motifs is 14. The van der Waals surface area contributed by atoms with Crippen molar-refractivity contribution in [3.8, 4) is 78.7 Å². The van der Waals surface area contributed by atoms with Gasteiger partial charge in [-0.05, 0) is 138 Å². The third-order valence-corrected chi connectivity index (χ3v) is 15.2. The van der Waals surface area contributed by atoms with Gasteiger partial charge in [0.2, 0.25) is 0 Å². The van der Waals surface area contributed by atoms with Gasteiger partial charge in [0.05, 0.1) is 27.5 Å². The molecule has 0 saturated heterocycles. The Morgan fingerprint density at radius 3 is 1.31 bits per heavy atom. The molecule has 2 aliphatic rings. The number of nitrogens with zero attached hydrogens (tertiary/aromatic N) is 4. The van der Waals surface area contributed by atoms with Crippen molar-refractivity contribution in [2.75, 3.05) is 0 Å². The van der Waals surface area contributed by atoms with Gasteiger partial charge < -0.3 is 0 Å². The van der Waals surface area contributed by atoms with Crippen LogP contribution in [0.15, 0.2) is 255 Å². The molecule has 2 heterocycles. The topological polar surface area (TPSA) is 35.6 Å². The average molecular weight is 903 g/mol. The Kier molecular flexibility index (Phi) is 8.54. The van der Waals surface area contributed by atoms with Crippen LogP contribution in [0.4, 0.5) is 0 Å². The van der Waals surface area contributed by atoms with Crippen LogP contribution in [0.5, 0.6) is 0 Å². The molecule has 0 atom stereocenters. The van der Waals surface area contributed by atoms with Gasteiger partial charge >= 0.3 is 0 Å². The first-order valence-corrected chi connectivity index (χ1v) is 24.4. The first kappa shape index (κ1) is 39.6. The molecule has 2 aromatic heterocycles. The standard InChI is InChI=1S/C67H42N4/c1-3-17-48(18-4-1)70-62-29-15-13-27-60(62)68-65(70)45-35-31-43(32-36-45)47-39-40-54-58(41-47)67(56-25-11-9-22-51(56)52-23-10-12-26-57(52)67)59-42-55(50-21-7-8-24-53(50)64(54)59)44-33-37-46(38-34-44)66-69-61-28-14-16-30-63(61)71(66)49-19-5-2-6-20-49/h1-42H. The molecule has 13 aromatic rings. The van der Waals surface area contributed by atoms with E-state index in [2.05, 4.69) is 264 Å². The van der Waals surface area contributed by atoms with Crippen LogP contribution in [0.1, 0.15) is 22.3 Å². The predicted molar refractivity (Wildman–Crippen MR) is 291 cm³/mol. The molecule has 0 saturated carbocycles. The lowest BCUT2D eigenvalue weighted by Crippen LogP contribution is -2.26. The van der Waals surface area contributed by atoms with Gasteiger partial charge in [-0.2, -0.15) is 0 Å². The molecule has 4 heteroatoms. The van der Waals surface area contributed by atoms with Crippen molar-refractivity contribution in [1.29, 1.82) is 0 Å². The quantitative estimate of drug-likeness (QED) is 0.167. The minimum absolute atomic E-state index is 0.548. The maximum Gasteiger partial charge on any atom is 0.145 e. The third-order valence-electron chi connectivity index (χ3n) is 15.2. The molecule has 0 amide bonds. The van der Waals surface area contributed by atoms with Crippen LogP contribution in [0.25, 0.3) is 111 Å². The summed E-state index contributed by atoms with van der Waals surface area (Å²) in [6.07, 6.45) is 0. The molecule has 0 aliphatic heterocycles. The zero-order valence-corrected chi connectivity index (χ0v) is 38.5. The Bertz CT molecular complexity index is 4210. The van der Waals surface area contributed by atoms with Gasteiger partial charge in [-0.25, -0.2) is 9.97 Å². The minimum atomic E-state index is -0.548. The fraction of sp³-hybridized carbons (Fsp3) is 0.0149. The van der Waals surface area contributed by atoms with E-state index in [9.17, 15) is 0 Å². The maximum atomic E-state index is 5.20. The lowest BCUT2D eigenvalue weighted by atomic mass is 9.69. The third kappa shape index (κ3) is 5.73. The molecule has 0 fully saturated rings. The van der Waals surface area contributed by atoms with Crippen molar-refractivity contribution in [3.63, 3.8) is 0 Å². The minimum Gasteiger partial charge on any atom is -0.292 e. The number of hydrogen-bond acceptors (Lipinski definition) is 2. The molecule has 0 bridgehead atoms. The maximum absolute atomic E-state index is 5.20. The molecule has 1 spiro atoms. The Morgan fingerprint density at radius 1 is 0.282 bits per heavy atom. The second-order valence-corrected chi connectivity index (χ2v) is 18.8. The molecule has 2 aliphatic carbocycles. The molecule has 0 N–H and O–H groups in total. The van der Waals surface area contributed by atoms with Crippen molar-refractivity contribution >= 4 is 32.8 Å². The van der Waals surface area contributed by atoms with Crippen LogP contribution in [0, 0.1) is 0 Å². The number of aromatic nitrogens is 4. The molecular formula is C67H42N4. The summed E-state index contributed by atoms with van der Waals surface area (Å²) in [5.41, 5.74) is 23.1. The highest BCUT2D eigenvalue weighted by Gasteiger charge is 2.52. The Hall–Kier alpha value is -9.38. The number of hydrogen-bond donors (Lipinski definition) is 0. The van der Waals surface area contributed by atoms with E-state index in [0.29, 0.717) is 0 Å². The molecule has 330 valence electrons. The van der Waals surface area contributed by atoms with Crippen LogP contribution in [0.2, 0.25) is 0 Å². The zero-order chi connectivity index (χ0) is 46.6. The highest BCUT2D eigenvalue weighted by atomic mass is 15.1. The zero-order valence-electron chi connectivity index (χ0n) is 38.5. The van der Waals surface area contributed by atoms with Crippen LogP contribution in [-0.4, -0.2) is 19.1 Å². The summed E-state index contributed by atoms with van der Waals surface area (Å²) in [6, 6.07) is 92.9. The Labute approximate surface area is 411 Å². The Balaban J connectivity index is 0.905. The van der Waals surface area contributed by atoms with E-state index in [-0.39, 0.29) is 0 Å². The summed E-state index contributed by atoms with van der Waals surface area (Å²) in [5.74, 6) is 1.85. The summed E-state index contributed by atoms with van der Waals surface area (Å²) in [5, 5.41) is 2.49. The van der Waals surface area contributed by atoms with Gasteiger partial charge in [0.25, 0.3) is 0 Å². The second kappa shape index (κ2) is 15.3. The number of rotatable bonds is 6.